The minimum Gasteiger partial charge on any atom is -0.452 e. The molecule has 0 atom stereocenters. The van der Waals surface area contributed by atoms with Gasteiger partial charge in [0.25, 0.3) is 0 Å². The van der Waals surface area contributed by atoms with Crippen molar-refractivity contribution in [2.24, 2.45) is 5.41 Å². The Hall–Kier alpha value is -1.75. The number of hydrogen-bond acceptors (Lipinski definition) is 2. The molecular weight excluding hydrogens is 212 g/mol. The fourth-order valence-corrected chi connectivity index (χ4v) is 1.09. The van der Waals surface area contributed by atoms with Crippen LogP contribution in [0.3, 0.4) is 0 Å². The highest BCUT2D eigenvalue weighted by atomic mass is 16.5. The van der Waals surface area contributed by atoms with Crippen molar-refractivity contribution in [2.75, 3.05) is 6.61 Å². The zero-order valence-corrected chi connectivity index (χ0v) is 10.8. The average molecular weight is 230 g/mol. The normalized spacial score (nSPS) is 10.4. The molecule has 0 saturated heterocycles. The van der Waals surface area contributed by atoms with Crippen LogP contribution < -0.4 is 0 Å². The summed E-state index contributed by atoms with van der Waals surface area (Å²) in [7, 11) is 0. The van der Waals surface area contributed by atoms with Crippen LogP contribution in [0.4, 0.5) is 0 Å². The van der Waals surface area contributed by atoms with Gasteiger partial charge in [0, 0.05) is 5.56 Å². The highest BCUT2D eigenvalue weighted by Gasteiger charge is 2.22. The second-order valence-corrected chi connectivity index (χ2v) is 4.99. The average Bonchev–Trinajstić information content (AvgIpc) is 2.25. The zero-order chi connectivity index (χ0) is 12.9. The van der Waals surface area contributed by atoms with Gasteiger partial charge < -0.3 is 4.74 Å². The number of carbonyl (C=O) groups is 1. The molecule has 0 aromatic heterocycles. The lowest BCUT2D eigenvalue weighted by molar-refractivity contribution is -0.151. The first-order valence-electron chi connectivity index (χ1n) is 5.62. The second-order valence-electron chi connectivity index (χ2n) is 4.99. The predicted molar refractivity (Wildman–Crippen MR) is 68.5 cm³/mol. The summed E-state index contributed by atoms with van der Waals surface area (Å²) in [6, 6.07) is 7.91. The smallest absolute Gasteiger partial charge is 0.312 e. The third kappa shape index (κ3) is 4.74. The third-order valence-electron chi connectivity index (χ3n) is 2.17. The molecule has 17 heavy (non-hydrogen) atoms. The van der Waals surface area contributed by atoms with Crippen molar-refractivity contribution < 1.29 is 9.53 Å². The van der Waals surface area contributed by atoms with Crippen LogP contribution in [0.25, 0.3) is 0 Å². The Kier molecular flexibility index (Phi) is 4.34. The minimum absolute atomic E-state index is 0.143. The van der Waals surface area contributed by atoms with E-state index in [1.165, 1.54) is 5.56 Å². The number of ether oxygens (including phenoxy) is 1. The van der Waals surface area contributed by atoms with Crippen molar-refractivity contribution in [3.8, 4) is 11.8 Å². The molecule has 1 aromatic rings. The largest absolute Gasteiger partial charge is 0.452 e. The topological polar surface area (TPSA) is 26.3 Å². The molecule has 1 aromatic carbocycles. The first-order valence-corrected chi connectivity index (χ1v) is 5.62. The van der Waals surface area contributed by atoms with Gasteiger partial charge >= 0.3 is 5.97 Å². The molecule has 0 saturated carbocycles. The number of esters is 1. The summed E-state index contributed by atoms with van der Waals surface area (Å²) in [5, 5.41) is 0. The molecule has 1 rings (SSSR count). The molecule has 0 unspecified atom stereocenters. The fourth-order valence-electron chi connectivity index (χ4n) is 1.09. The lowest BCUT2D eigenvalue weighted by atomic mass is 9.97. The van der Waals surface area contributed by atoms with Crippen LogP contribution in [0, 0.1) is 24.2 Å². The van der Waals surface area contributed by atoms with Crippen LogP contribution in [0.1, 0.15) is 31.9 Å². The van der Waals surface area contributed by atoms with Crippen molar-refractivity contribution in [3.63, 3.8) is 0 Å². The van der Waals surface area contributed by atoms with E-state index in [9.17, 15) is 4.79 Å². The van der Waals surface area contributed by atoms with E-state index in [0.29, 0.717) is 0 Å². The molecule has 0 amide bonds. The maximum Gasteiger partial charge on any atom is 0.312 e. The van der Waals surface area contributed by atoms with Crippen LogP contribution in [0.5, 0.6) is 0 Å². The van der Waals surface area contributed by atoms with Gasteiger partial charge in [-0.2, -0.15) is 0 Å². The molecule has 0 spiro atoms. The molecule has 0 aliphatic carbocycles. The van der Waals surface area contributed by atoms with E-state index in [4.69, 9.17) is 4.74 Å². The molecule has 0 fully saturated rings. The van der Waals surface area contributed by atoms with Crippen LogP contribution in [0.2, 0.25) is 0 Å². The summed E-state index contributed by atoms with van der Waals surface area (Å²) < 4.78 is 5.04. The fraction of sp³-hybridized carbons (Fsp3) is 0.400. The lowest BCUT2D eigenvalue weighted by Gasteiger charge is -2.14. The van der Waals surface area contributed by atoms with Gasteiger partial charge in [-0.25, -0.2) is 0 Å². The summed E-state index contributed by atoms with van der Waals surface area (Å²) in [6.07, 6.45) is 0. The Morgan fingerprint density at radius 3 is 2.35 bits per heavy atom. The first kappa shape index (κ1) is 13.3. The van der Waals surface area contributed by atoms with Crippen molar-refractivity contribution in [1.82, 2.24) is 0 Å². The molecule has 0 radical (unpaired) electrons. The van der Waals surface area contributed by atoms with Gasteiger partial charge in [0.05, 0.1) is 5.41 Å². The van der Waals surface area contributed by atoms with E-state index in [-0.39, 0.29) is 12.6 Å². The molecule has 0 N–H and O–H groups in total. The zero-order valence-electron chi connectivity index (χ0n) is 10.8. The number of rotatable bonds is 1. The molecule has 90 valence electrons. The molecule has 0 aliphatic rings. The molecule has 2 heteroatoms. The van der Waals surface area contributed by atoms with Gasteiger partial charge in [0.15, 0.2) is 6.61 Å². The van der Waals surface area contributed by atoms with Crippen LogP contribution in [-0.4, -0.2) is 12.6 Å². The highest BCUT2D eigenvalue weighted by molar-refractivity contribution is 5.75. The van der Waals surface area contributed by atoms with Crippen molar-refractivity contribution in [1.29, 1.82) is 0 Å². The molecule has 0 bridgehead atoms. The second kappa shape index (κ2) is 5.54. The number of benzene rings is 1. The molecule has 0 heterocycles. The lowest BCUT2D eigenvalue weighted by Crippen LogP contribution is -2.22. The molecule has 2 nitrogen and oxygen atoms in total. The van der Waals surface area contributed by atoms with Gasteiger partial charge in [-0.1, -0.05) is 29.5 Å². The van der Waals surface area contributed by atoms with Gasteiger partial charge in [-0.15, -0.1) is 0 Å². The number of aryl methyl sites for hydroxylation is 1. The van der Waals surface area contributed by atoms with Crippen LogP contribution in [-0.2, 0) is 9.53 Å². The van der Waals surface area contributed by atoms with E-state index >= 15 is 0 Å². The van der Waals surface area contributed by atoms with E-state index in [1.807, 2.05) is 52.0 Å². The summed E-state index contributed by atoms with van der Waals surface area (Å²) >= 11 is 0. The maximum absolute atomic E-state index is 11.4. The maximum atomic E-state index is 11.4. The molecular formula is C15H18O2. The van der Waals surface area contributed by atoms with Crippen molar-refractivity contribution in [3.05, 3.63) is 35.4 Å². The Morgan fingerprint density at radius 2 is 1.82 bits per heavy atom. The van der Waals surface area contributed by atoms with Gasteiger partial charge in [-0.3, -0.25) is 4.79 Å². The standard InChI is InChI=1S/C15H18O2/c1-12-7-9-13(10-8-12)6-5-11-17-14(16)15(2,3)4/h7-10H,11H2,1-4H3. The van der Waals surface area contributed by atoms with E-state index in [1.54, 1.807) is 0 Å². The monoisotopic (exact) mass is 230 g/mol. The summed E-state index contributed by atoms with van der Waals surface area (Å²) in [6.45, 7) is 7.64. The van der Waals surface area contributed by atoms with E-state index in [2.05, 4.69) is 11.8 Å². The highest BCUT2D eigenvalue weighted by Crippen LogP contribution is 2.14. The van der Waals surface area contributed by atoms with Crippen molar-refractivity contribution in [2.45, 2.75) is 27.7 Å². The Labute approximate surface area is 103 Å². The first-order chi connectivity index (χ1) is 7.89. The van der Waals surface area contributed by atoms with Crippen LogP contribution in [0.15, 0.2) is 24.3 Å². The Bertz CT molecular complexity index is 439. The Balaban J connectivity index is 2.47. The Morgan fingerprint density at radius 1 is 1.24 bits per heavy atom. The van der Waals surface area contributed by atoms with E-state index in [0.717, 1.165) is 5.56 Å². The molecule has 0 aliphatic heterocycles. The van der Waals surface area contributed by atoms with Gasteiger partial charge in [0.1, 0.15) is 0 Å². The SMILES string of the molecule is Cc1ccc(C#CCOC(=O)C(C)(C)C)cc1. The number of hydrogen-bond donors (Lipinski definition) is 0. The summed E-state index contributed by atoms with van der Waals surface area (Å²) in [4.78, 5) is 11.4. The van der Waals surface area contributed by atoms with Gasteiger partial charge in [0.2, 0.25) is 0 Å². The number of carbonyl (C=O) groups excluding carboxylic acids is 1. The minimum atomic E-state index is -0.467. The van der Waals surface area contributed by atoms with Crippen LogP contribution >= 0.6 is 0 Å². The summed E-state index contributed by atoms with van der Waals surface area (Å²) in [5.41, 5.74) is 1.67. The predicted octanol–water partition coefficient (Wildman–Crippen LogP) is 2.94. The third-order valence-corrected chi connectivity index (χ3v) is 2.17. The van der Waals surface area contributed by atoms with Crippen molar-refractivity contribution >= 4 is 5.97 Å². The quantitative estimate of drug-likeness (QED) is 0.547. The summed E-state index contributed by atoms with van der Waals surface area (Å²) in [5.74, 6) is 5.56. The van der Waals surface area contributed by atoms with E-state index < -0.39 is 5.41 Å². The van der Waals surface area contributed by atoms with Gasteiger partial charge in [-0.05, 0) is 39.8 Å².